The molecule has 1 aromatic heterocycles. The summed E-state index contributed by atoms with van der Waals surface area (Å²) in [4.78, 5) is 41.3. The molecule has 1 fully saturated rings. The number of para-hydroxylation sites is 1. The topological polar surface area (TPSA) is 101 Å². The van der Waals surface area contributed by atoms with E-state index in [4.69, 9.17) is 9.15 Å². The van der Waals surface area contributed by atoms with Crippen molar-refractivity contribution in [3.8, 4) is 5.75 Å². The van der Waals surface area contributed by atoms with Gasteiger partial charge in [-0.25, -0.2) is 0 Å². The number of nitrogens with one attached hydrogen (secondary N) is 2. The van der Waals surface area contributed by atoms with Gasteiger partial charge in [0, 0.05) is 11.7 Å². The molecule has 0 radical (unpaired) electrons. The molecule has 36 heavy (non-hydrogen) atoms. The second-order valence-electron chi connectivity index (χ2n) is 8.78. The third kappa shape index (κ3) is 6.13. The van der Waals surface area contributed by atoms with Crippen molar-refractivity contribution in [2.75, 3.05) is 18.6 Å². The van der Waals surface area contributed by atoms with Crippen molar-refractivity contribution in [2.24, 2.45) is 0 Å². The maximum Gasteiger partial charge on any atom is 0.287 e. The first kappa shape index (κ1) is 25.0. The Labute approximate surface area is 210 Å². The fourth-order valence-corrected chi connectivity index (χ4v) is 4.52. The first-order valence-corrected chi connectivity index (χ1v) is 12.2. The predicted octanol–water partition coefficient (Wildman–Crippen LogP) is 4.24. The number of hydrogen-bond donors (Lipinski definition) is 2. The molecule has 0 saturated heterocycles. The summed E-state index contributed by atoms with van der Waals surface area (Å²) in [5.74, 6) is -0.536. The minimum absolute atomic E-state index is 0.0609. The number of amides is 3. The molecule has 1 heterocycles. The number of furan rings is 1. The van der Waals surface area contributed by atoms with Crippen LogP contribution in [-0.2, 0) is 9.59 Å². The van der Waals surface area contributed by atoms with Gasteiger partial charge in [-0.1, -0.05) is 49.6 Å². The van der Waals surface area contributed by atoms with Gasteiger partial charge in [-0.15, -0.1) is 0 Å². The molecule has 0 bridgehead atoms. The lowest BCUT2D eigenvalue weighted by Gasteiger charge is -2.33. The Morgan fingerprint density at radius 3 is 2.47 bits per heavy atom. The number of hydrogen-bond acceptors (Lipinski definition) is 5. The lowest BCUT2D eigenvalue weighted by atomic mass is 9.94. The molecule has 8 nitrogen and oxygen atoms in total. The van der Waals surface area contributed by atoms with Crippen molar-refractivity contribution in [3.63, 3.8) is 0 Å². The van der Waals surface area contributed by atoms with Gasteiger partial charge in [0.25, 0.3) is 5.91 Å². The largest absolute Gasteiger partial charge is 0.497 e. The summed E-state index contributed by atoms with van der Waals surface area (Å²) in [6, 6.07) is 18.4. The van der Waals surface area contributed by atoms with Crippen LogP contribution in [0.25, 0.3) is 0 Å². The van der Waals surface area contributed by atoms with Gasteiger partial charge in [-0.05, 0) is 54.8 Å². The van der Waals surface area contributed by atoms with Gasteiger partial charge in [-0.3, -0.25) is 19.3 Å². The van der Waals surface area contributed by atoms with E-state index >= 15 is 0 Å². The van der Waals surface area contributed by atoms with E-state index in [-0.39, 0.29) is 24.3 Å². The molecule has 8 heteroatoms. The van der Waals surface area contributed by atoms with Gasteiger partial charge < -0.3 is 19.8 Å². The number of nitrogens with zero attached hydrogens (tertiary/aromatic N) is 1. The van der Waals surface area contributed by atoms with E-state index < -0.39 is 17.9 Å². The maximum absolute atomic E-state index is 13.8. The number of anilines is 1. The van der Waals surface area contributed by atoms with Crippen LogP contribution in [0.3, 0.4) is 0 Å². The highest BCUT2D eigenvalue weighted by molar-refractivity contribution is 6.04. The summed E-state index contributed by atoms with van der Waals surface area (Å²) in [6.07, 6.45) is 6.51. The van der Waals surface area contributed by atoms with Crippen molar-refractivity contribution in [3.05, 3.63) is 84.3 Å². The molecule has 2 aromatic carbocycles. The second kappa shape index (κ2) is 12.1. The standard InChI is InChI=1S/C28H31N3O5/c1-35-23-15-8-10-20(18-23)26(28(34)30-21-11-4-2-5-12-21)31(22-13-6-3-7-14-22)25(32)19-29-27(33)24-16-9-17-36-24/h3,6-10,13-18,21,26H,2,4-5,11-12,19H2,1H3,(H,29,33)(H,30,34)/t26-/m0/s1. The zero-order valence-electron chi connectivity index (χ0n) is 20.3. The minimum Gasteiger partial charge on any atom is -0.497 e. The minimum atomic E-state index is -0.961. The number of carbonyl (C=O) groups excluding carboxylic acids is 3. The summed E-state index contributed by atoms with van der Waals surface area (Å²) in [6.45, 7) is -0.314. The van der Waals surface area contributed by atoms with Crippen LogP contribution in [0.4, 0.5) is 5.69 Å². The van der Waals surface area contributed by atoms with Gasteiger partial charge in [0.2, 0.25) is 11.8 Å². The Kier molecular flexibility index (Phi) is 8.39. The molecule has 1 saturated carbocycles. The summed E-state index contributed by atoms with van der Waals surface area (Å²) < 4.78 is 10.5. The highest BCUT2D eigenvalue weighted by Gasteiger charge is 2.34. The third-order valence-electron chi connectivity index (χ3n) is 6.32. The average Bonchev–Trinajstić information content (AvgIpc) is 3.46. The Morgan fingerprint density at radius 2 is 1.78 bits per heavy atom. The van der Waals surface area contributed by atoms with Gasteiger partial charge in [0.15, 0.2) is 5.76 Å². The molecule has 188 valence electrons. The van der Waals surface area contributed by atoms with E-state index in [9.17, 15) is 14.4 Å². The Bertz CT molecular complexity index is 1160. The Morgan fingerprint density at radius 1 is 1.00 bits per heavy atom. The van der Waals surface area contributed by atoms with Crippen molar-refractivity contribution >= 4 is 23.4 Å². The summed E-state index contributed by atoms with van der Waals surface area (Å²) in [7, 11) is 1.56. The van der Waals surface area contributed by atoms with Crippen LogP contribution in [0.1, 0.15) is 54.3 Å². The van der Waals surface area contributed by atoms with Gasteiger partial charge in [-0.2, -0.15) is 0 Å². The van der Waals surface area contributed by atoms with E-state index in [1.165, 1.54) is 17.2 Å². The molecule has 2 N–H and O–H groups in total. The molecule has 4 rings (SSSR count). The lowest BCUT2D eigenvalue weighted by molar-refractivity contribution is -0.127. The number of benzene rings is 2. The SMILES string of the molecule is COc1cccc([C@@H](C(=O)NC2CCCCC2)N(C(=O)CNC(=O)c2ccco2)c2ccccc2)c1. The molecule has 1 aliphatic carbocycles. The van der Waals surface area contributed by atoms with Crippen molar-refractivity contribution in [1.29, 1.82) is 0 Å². The Balaban J connectivity index is 1.67. The first-order valence-electron chi connectivity index (χ1n) is 12.2. The van der Waals surface area contributed by atoms with E-state index in [0.717, 1.165) is 32.1 Å². The van der Waals surface area contributed by atoms with Crippen LogP contribution in [-0.4, -0.2) is 37.4 Å². The second-order valence-corrected chi connectivity index (χ2v) is 8.78. The molecule has 1 atom stereocenters. The molecule has 3 aromatic rings. The van der Waals surface area contributed by atoms with E-state index in [1.807, 2.05) is 6.07 Å². The highest BCUT2D eigenvalue weighted by Crippen LogP contribution is 2.30. The number of rotatable bonds is 9. The van der Waals surface area contributed by atoms with Gasteiger partial charge in [0.1, 0.15) is 11.8 Å². The van der Waals surface area contributed by atoms with E-state index in [2.05, 4.69) is 10.6 Å². The molecular formula is C28H31N3O5. The maximum atomic E-state index is 13.8. The zero-order valence-corrected chi connectivity index (χ0v) is 20.3. The van der Waals surface area contributed by atoms with Crippen molar-refractivity contribution in [1.82, 2.24) is 10.6 Å². The third-order valence-corrected chi connectivity index (χ3v) is 6.32. The Hall–Kier alpha value is -4.07. The van der Waals surface area contributed by atoms with Crippen LogP contribution in [0.15, 0.2) is 77.4 Å². The average molecular weight is 490 g/mol. The molecule has 0 unspecified atom stereocenters. The predicted molar refractivity (Wildman–Crippen MR) is 136 cm³/mol. The van der Waals surface area contributed by atoms with Crippen LogP contribution < -0.4 is 20.3 Å². The van der Waals surface area contributed by atoms with Crippen LogP contribution in [0, 0.1) is 0 Å². The number of methoxy groups -OCH3 is 1. The van der Waals surface area contributed by atoms with Crippen molar-refractivity contribution in [2.45, 2.75) is 44.2 Å². The fourth-order valence-electron chi connectivity index (χ4n) is 4.52. The van der Waals surface area contributed by atoms with Crippen molar-refractivity contribution < 1.29 is 23.5 Å². The first-order chi connectivity index (χ1) is 17.6. The van der Waals surface area contributed by atoms with Crippen LogP contribution >= 0.6 is 0 Å². The van der Waals surface area contributed by atoms with Crippen LogP contribution in [0.2, 0.25) is 0 Å². The summed E-state index contributed by atoms with van der Waals surface area (Å²) >= 11 is 0. The van der Waals surface area contributed by atoms with Gasteiger partial charge in [0.05, 0.1) is 19.9 Å². The monoisotopic (exact) mass is 489 g/mol. The number of ether oxygens (including phenoxy) is 1. The van der Waals surface area contributed by atoms with Crippen LogP contribution in [0.5, 0.6) is 5.75 Å². The summed E-state index contributed by atoms with van der Waals surface area (Å²) in [5.41, 5.74) is 1.15. The zero-order chi connectivity index (χ0) is 25.3. The molecule has 0 aliphatic heterocycles. The van der Waals surface area contributed by atoms with E-state index in [0.29, 0.717) is 17.0 Å². The highest BCUT2D eigenvalue weighted by atomic mass is 16.5. The lowest BCUT2D eigenvalue weighted by Crippen LogP contribution is -2.49. The normalized spacial score (nSPS) is 14.5. The summed E-state index contributed by atoms with van der Waals surface area (Å²) in [5, 5.41) is 5.78. The molecule has 0 spiro atoms. The number of carbonyl (C=O) groups is 3. The van der Waals surface area contributed by atoms with Gasteiger partial charge >= 0.3 is 0 Å². The smallest absolute Gasteiger partial charge is 0.287 e. The quantitative estimate of drug-likeness (QED) is 0.468. The molecular weight excluding hydrogens is 458 g/mol. The molecule has 3 amide bonds. The van der Waals surface area contributed by atoms with E-state index in [1.54, 1.807) is 61.7 Å². The fraction of sp³-hybridized carbons (Fsp3) is 0.321. The molecule has 1 aliphatic rings.